The predicted octanol–water partition coefficient (Wildman–Crippen LogP) is -0.630. The molecular weight excluding hydrogens is 125 g/mol. The summed E-state index contributed by atoms with van der Waals surface area (Å²) in [6.07, 6.45) is 2.64. The van der Waals surface area contributed by atoms with Crippen molar-refractivity contribution < 1.29 is 14.3 Å². The van der Waals surface area contributed by atoms with Gasteiger partial charge in [0.05, 0.1) is 0 Å². The van der Waals surface area contributed by atoms with Crippen molar-refractivity contribution in [1.29, 1.82) is 0 Å². The van der Waals surface area contributed by atoms with Gasteiger partial charge in [-0.2, -0.15) is 0 Å². The van der Waals surface area contributed by atoms with E-state index in [1.807, 2.05) is 0 Å². The van der Waals surface area contributed by atoms with Crippen LogP contribution < -0.4 is 5.73 Å². The Morgan fingerprint density at radius 3 is 2.44 bits per heavy atom. The van der Waals surface area contributed by atoms with Gasteiger partial charge in [-0.3, -0.25) is 4.79 Å². The van der Waals surface area contributed by atoms with Gasteiger partial charge in [-0.1, -0.05) is 5.92 Å². The van der Waals surface area contributed by atoms with Crippen LogP contribution in [0.15, 0.2) is 0 Å². The average Bonchev–Trinajstić information content (AvgIpc) is 1.84. The minimum Gasteiger partial charge on any atom is -0.480 e. The van der Waals surface area contributed by atoms with Crippen LogP contribution in [0, 0.1) is 12.3 Å². The molecule has 9 heavy (non-hydrogen) atoms. The van der Waals surface area contributed by atoms with Gasteiger partial charge < -0.3 is 10.8 Å². The molecule has 3 N–H and O–H groups in total. The van der Waals surface area contributed by atoms with E-state index in [2.05, 4.69) is 6.42 Å². The fraction of sp³-hybridized carbons (Fsp3) is 0.400. The molecule has 0 bridgehead atoms. The molecule has 0 aromatic carbocycles. The van der Waals surface area contributed by atoms with Gasteiger partial charge in [0.2, 0.25) is 0 Å². The van der Waals surface area contributed by atoms with Crippen LogP contribution in [0.2, 0.25) is 0 Å². The second kappa shape index (κ2) is 3.05. The van der Waals surface area contributed by atoms with E-state index < -0.39 is 18.2 Å². The van der Waals surface area contributed by atoms with Gasteiger partial charge in [0.1, 0.15) is 6.04 Å². The number of carboxylic acids is 1. The van der Waals surface area contributed by atoms with Gasteiger partial charge in [0, 0.05) is 0 Å². The number of carbonyl (C=O) groups is 1. The Bertz CT molecular complexity index is 152. The molecule has 0 aliphatic carbocycles. The third kappa shape index (κ3) is 2.11. The highest BCUT2D eigenvalue weighted by atomic mass is 19.1. The summed E-state index contributed by atoms with van der Waals surface area (Å²) in [7, 11) is 0. The zero-order chi connectivity index (χ0) is 7.44. The van der Waals surface area contributed by atoms with Crippen LogP contribution in [0.5, 0.6) is 0 Å². The second-order valence-electron chi connectivity index (χ2n) is 1.43. The van der Waals surface area contributed by atoms with Crippen LogP contribution in [0.4, 0.5) is 4.39 Å². The molecule has 0 saturated carbocycles. The van der Waals surface area contributed by atoms with Gasteiger partial charge in [-0.25, -0.2) is 4.39 Å². The van der Waals surface area contributed by atoms with Crippen LogP contribution in [0.25, 0.3) is 0 Å². The van der Waals surface area contributed by atoms with Crippen molar-refractivity contribution in [3.63, 3.8) is 0 Å². The van der Waals surface area contributed by atoms with Crippen molar-refractivity contribution in [3.05, 3.63) is 0 Å². The molecule has 0 aromatic rings. The molecule has 4 heteroatoms. The number of alkyl halides is 1. The first-order chi connectivity index (χ1) is 4.09. The maximum atomic E-state index is 12.0. The highest BCUT2D eigenvalue weighted by Gasteiger charge is 2.20. The van der Waals surface area contributed by atoms with E-state index >= 15 is 0 Å². The summed E-state index contributed by atoms with van der Waals surface area (Å²) in [5.74, 6) is 0.143. The monoisotopic (exact) mass is 131 g/mol. The summed E-state index contributed by atoms with van der Waals surface area (Å²) < 4.78 is 12.0. The van der Waals surface area contributed by atoms with E-state index in [1.54, 1.807) is 5.92 Å². The van der Waals surface area contributed by atoms with E-state index in [0.29, 0.717) is 0 Å². The quantitative estimate of drug-likeness (QED) is 0.490. The Morgan fingerprint density at radius 1 is 1.89 bits per heavy atom. The Morgan fingerprint density at radius 2 is 2.33 bits per heavy atom. The van der Waals surface area contributed by atoms with Crippen LogP contribution in [0.3, 0.4) is 0 Å². The van der Waals surface area contributed by atoms with E-state index in [1.165, 1.54) is 0 Å². The summed E-state index contributed by atoms with van der Waals surface area (Å²) in [6.45, 7) is 0. The molecule has 0 saturated heterocycles. The normalized spacial score (nSPS) is 15.7. The molecule has 0 rings (SSSR count). The summed E-state index contributed by atoms with van der Waals surface area (Å²) in [5.41, 5.74) is 4.75. The molecule has 0 aliphatic rings. The number of halogens is 1. The highest BCUT2D eigenvalue weighted by Crippen LogP contribution is 1.93. The molecule has 0 amide bonds. The summed E-state index contributed by atoms with van der Waals surface area (Å²) in [6, 6.07) is -1.60. The lowest BCUT2D eigenvalue weighted by Gasteiger charge is -2.03. The number of aliphatic carboxylic acids is 1. The molecular formula is C5H6FNO2. The molecule has 3 nitrogen and oxygen atoms in total. The first-order valence-electron chi connectivity index (χ1n) is 2.18. The SMILES string of the molecule is C#C[C@@H](F)[C@@H](N)C(=O)O. The predicted molar refractivity (Wildman–Crippen MR) is 29.3 cm³/mol. The number of nitrogens with two attached hydrogens (primary N) is 1. The smallest absolute Gasteiger partial charge is 0.324 e. The van der Waals surface area contributed by atoms with E-state index in [9.17, 15) is 9.18 Å². The fourth-order valence-corrected chi connectivity index (χ4v) is 0.229. The van der Waals surface area contributed by atoms with Gasteiger partial charge in [0.25, 0.3) is 0 Å². The third-order valence-electron chi connectivity index (χ3n) is 0.760. The van der Waals surface area contributed by atoms with Crippen molar-refractivity contribution in [2.24, 2.45) is 5.73 Å². The molecule has 2 atom stereocenters. The Kier molecular flexibility index (Phi) is 2.68. The molecule has 0 radical (unpaired) electrons. The molecule has 0 spiro atoms. The Labute approximate surface area is 51.7 Å². The maximum Gasteiger partial charge on any atom is 0.324 e. The van der Waals surface area contributed by atoms with Crippen molar-refractivity contribution in [2.45, 2.75) is 12.2 Å². The van der Waals surface area contributed by atoms with Crippen molar-refractivity contribution in [3.8, 4) is 12.3 Å². The van der Waals surface area contributed by atoms with Crippen molar-refractivity contribution >= 4 is 5.97 Å². The van der Waals surface area contributed by atoms with Crippen LogP contribution in [-0.4, -0.2) is 23.3 Å². The van der Waals surface area contributed by atoms with E-state index in [4.69, 9.17) is 10.8 Å². The van der Waals surface area contributed by atoms with Crippen LogP contribution in [-0.2, 0) is 4.79 Å². The van der Waals surface area contributed by atoms with Gasteiger partial charge >= 0.3 is 5.97 Å². The van der Waals surface area contributed by atoms with Crippen LogP contribution in [0.1, 0.15) is 0 Å². The number of rotatable bonds is 2. The molecule has 50 valence electrons. The zero-order valence-corrected chi connectivity index (χ0v) is 4.54. The number of terminal acetylenes is 1. The second-order valence-corrected chi connectivity index (χ2v) is 1.43. The number of hydrogen-bond acceptors (Lipinski definition) is 2. The lowest BCUT2D eigenvalue weighted by Crippen LogP contribution is -2.38. The minimum atomic E-state index is -1.90. The number of hydrogen-bond donors (Lipinski definition) is 2. The van der Waals surface area contributed by atoms with Gasteiger partial charge in [-0.15, -0.1) is 6.42 Å². The Hall–Kier alpha value is -1.08. The molecule has 0 heterocycles. The maximum absolute atomic E-state index is 12.0. The lowest BCUT2D eigenvalue weighted by molar-refractivity contribution is -0.139. The van der Waals surface area contributed by atoms with Gasteiger partial charge in [0.15, 0.2) is 6.17 Å². The lowest BCUT2D eigenvalue weighted by atomic mass is 10.2. The first-order valence-corrected chi connectivity index (χ1v) is 2.18. The van der Waals surface area contributed by atoms with E-state index in [0.717, 1.165) is 0 Å². The highest BCUT2D eigenvalue weighted by molar-refractivity contribution is 5.74. The topological polar surface area (TPSA) is 63.3 Å². The summed E-state index contributed by atoms with van der Waals surface area (Å²) >= 11 is 0. The average molecular weight is 131 g/mol. The van der Waals surface area contributed by atoms with Crippen molar-refractivity contribution in [1.82, 2.24) is 0 Å². The standard InChI is InChI=1S/C5H6FNO2/c1-2-3(6)4(7)5(8)9/h1,3-4H,7H2,(H,8,9)/t3-,4-/m1/s1. The summed E-state index contributed by atoms with van der Waals surface area (Å²) in [4.78, 5) is 9.84. The Balaban J connectivity index is 3.91. The molecule has 0 aliphatic heterocycles. The van der Waals surface area contributed by atoms with E-state index in [-0.39, 0.29) is 0 Å². The molecule has 0 unspecified atom stereocenters. The minimum absolute atomic E-state index is 1.43. The van der Waals surface area contributed by atoms with Crippen LogP contribution >= 0.6 is 0 Å². The summed E-state index contributed by atoms with van der Waals surface area (Å²) in [5, 5.41) is 8.02. The molecule has 0 fully saturated rings. The molecule has 0 aromatic heterocycles. The zero-order valence-electron chi connectivity index (χ0n) is 4.54. The third-order valence-corrected chi connectivity index (χ3v) is 0.760. The van der Waals surface area contributed by atoms with Crippen molar-refractivity contribution in [2.75, 3.05) is 0 Å². The van der Waals surface area contributed by atoms with Gasteiger partial charge in [-0.05, 0) is 0 Å². The largest absolute Gasteiger partial charge is 0.480 e. The first kappa shape index (κ1) is 7.92. The fourth-order valence-electron chi connectivity index (χ4n) is 0.229. The number of carboxylic acid groups (broad SMARTS) is 1.